The Kier molecular flexibility index (Phi) is 7.24. The molecule has 2 unspecified atom stereocenters. The van der Waals surface area contributed by atoms with Gasteiger partial charge in [-0.15, -0.1) is 0 Å². The Morgan fingerprint density at radius 1 is 0.875 bits per heavy atom. The van der Waals surface area contributed by atoms with Gasteiger partial charge >= 0.3 is 0 Å². The van der Waals surface area contributed by atoms with Crippen LogP contribution in [-0.4, -0.2) is 105 Å². The van der Waals surface area contributed by atoms with Gasteiger partial charge in [0.25, 0.3) is 0 Å². The Morgan fingerprint density at radius 3 is 2.19 bits per heavy atom. The maximum atomic E-state index is 10.6. The van der Waals surface area contributed by atoms with Crippen molar-refractivity contribution in [2.24, 2.45) is 0 Å². The molecule has 3 fully saturated rings. The number of fused-ring (bicyclic) bond motifs is 1. The first-order chi connectivity index (χ1) is 15.3. The predicted molar refractivity (Wildman–Crippen MR) is 106 cm³/mol. The zero-order chi connectivity index (χ0) is 23.0. The van der Waals surface area contributed by atoms with Crippen molar-refractivity contribution in [2.45, 2.75) is 67.7 Å². The maximum absolute atomic E-state index is 10.6. The van der Waals surface area contributed by atoms with Crippen LogP contribution >= 0.6 is 0 Å². The summed E-state index contributed by atoms with van der Waals surface area (Å²) in [5, 5.41) is 60.4. The van der Waals surface area contributed by atoms with Gasteiger partial charge in [-0.3, -0.25) is 0 Å². The number of hydrogen-bond acceptors (Lipinski definition) is 11. The molecule has 0 aliphatic carbocycles. The summed E-state index contributed by atoms with van der Waals surface area (Å²) in [4.78, 5) is 0. The van der Waals surface area contributed by atoms with Gasteiger partial charge in [0.05, 0.1) is 13.2 Å². The summed E-state index contributed by atoms with van der Waals surface area (Å²) >= 11 is 0. The molecule has 0 aromatic heterocycles. The largest absolute Gasteiger partial charge is 0.394 e. The normalized spacial score (nSPS) is 44.6. The molecule has 0 saturated carbocycles. The number of hydrogen-bond donors (Lipinski definition) is 6. The van der Waals surface area contributed by atoms with Crippen LogP contribution in [0, 0.1) is 0 Å². The third-order valence-corrected chi connectivity index (χ3v) is 5.89. The summed E-state index contributed by atoms with van der Waals surface area (Å²) in [6, 6.07) is 7.29. The summed E-state index contributed by atoms with van der Waals surface area (Å²) in [5.41, 5.74) is 1.64. The molecule has 3 aliphatic rings. The van der Waals surface area contributed by atoms with E-state index in [-0.39, 0.29) is 6.61 Å². The van der Waals surface area contributed by atoms with E-state index in [1.807, 2.05) is 12.1 Å². The highest BCUT2D eigenvalue weighted by Crippen LogP contribution is 2.35. The summed E-state index contributed by atoms with van der Waals surface area (Å²) in [6.45, 7) is 3.09. The van der Waals surface area contributed by atoms with Gasteiger partial charge in [0, 0.05) is 5.56 Å². The van der Waals surface area contributed by atoms with Gasteiger partial charge in [-0.05, 0) is 5.56 Å². The van der Waals surface area contributed by atoms with Gasteiger partial charge in [0.2, 0.25) is 0 Å². The van der Waals surface area contributed by atoms with Crippen molar-refractivity contribution in [1.29, 1.82) is 0 Å². The first-order valence-corrected chi connectivity index (χ1v) is 10.3. The molecule has 11 heteroatoms. The van der Waals surface area contributed by atoms with Crippen LogP contribution < -0.4 is 0 Å². The first-order valence-electron chi connectivity index (χ1n) is 10.3. The van der Waals surface area contributed by atoms with Crippen molar-refractivity contribution in [2.75, 3.05) is 13.2 Å². The number of ether oxygens (including phenoxy) is 5. The number of aliphatic hydroxyl groups is 6. The highest BCUT2D eigenvalue weighted by molar-refractivity contribution is 5.47. The lowest BCUT2D eigenvalue weighted by Crippen LogP contribution is -2.65. The molecule has 11 nitrogen and oxygen atoms in total. The van der Waals surface area contributed by atoms with Crippen LogP contribution in [0.4, 0.5) is 0 Å². The number of aliphatic hydroxyl groups excluding tert-OH is 6. The molecular weight excluding hydrogens is 428 g/mol. The van der Waals surface area contributed by atoms with Crippen molar-refractivity contribution >= 4 is 6.08 Å². The molecule has 11 atom stereocenters. The minimum Gasteiger partial charge on any atom is -0.394 e. The predicted octanol–water partition coefficient (Wildman–Crippen LogP) is -1.99. The van der Waals surface area contributed by atoms with Crippen LogP contribution in [0.2, 0.25) is 0 Å². The molecule has 6 N–H and O–H groups in total. The van der Waals surface area contributed by atoms with Crippen LogP contribution in [0.3, 0.4) is 0 Å². The van der Waals surface area contributed by atoms with E-state index in [9.17, 15) is 30.6 Å². The molecule has 0 amide bonds. The van der Waals surface area contributed by atoms with E-state index in [4.69, 9.17) is 23.7 Å². The van der Waals surface area contributed by atoms with Crippen LogP contribution in [0.25, 0.3) is 6.08 Å². The van der Waals surface area contributed by atoms with Crippen LogP contribution in [0.15, 0.2) is 30.8 Å². The van der Waals surface area contributed by atoms with Crippen LogP contribution in [0.1, 0.15) is 17.4 Å². The monoisotopic (exact) mass is 456 g/mol. The second-order valence-electron chi connectivity index (χ2n) is 7.99. The van der Waals surface area contributed by atoms with Crippen molar-refractivity contribution in [3.8, 4) is 0 Å². The van der Waals surface area contributed by atoms with Crippen molar-refractivity contribution in [1.82, 2.24) is 0 Å². The van der Waals surface area contributed by atoms with Gasteiger partial charge in [0.1, 0.15) is 48.8 Å². The Balaban J connectivity index is 1.41. The molecule has 1 aromatic carbocycles. The van der Waals surface area contributed by atoms with Crippen LogP contribution in [0.5, 0.6) is 0 Å². The van der Waals surface area contributed by atoms with Crippen molar-refractivity contribution in [3.05, 3.63) is 42.0 Å². The van der Waals surface area contributed by atoms with Gasteiger partial charge in [-0.25, -0.2) is 0 Å². The van der Waals surface area contributed by atoms with Gasteiger partial charge in [0.15, 0.2) is 18.9 Å². The number of rotatable bonds is 5. The zero-order valence-corrected chi connectivity index (χ0v) is 17.1. The second kappa shape index (κ2) is 9.79. The molecule has 3 aliphatic heterocycles. The Labute approximate surface area is 184 Å². The molecular formula is C21H28O11. The molecule has 0 spiro atoms. The van der Waals surface area contributed by atoms with E-state index in [0.29, 0.717) is 0 Å². The van der Waals surface area contributed by atoms with Gasteiger partial charge in [-0.1, -0.05) is 36.9 Å². The molecule has 0 bridgehead atoms. The molecule has 4 rings (SSSR count). The lowest BCUT2D eigenvalue weighted by Gasteiger charge is -2.48. The average molecular weight is 456 g/mol. The average Bonchev–Trinajstić information content (AvgIpc) is 2.82. The Hall–Kier alpha value is -1.48. The third-order valence-electron chi connectivity index (χ3n) is 5.89. The Bertz CT molecular complexity index is 770. The van der Waals surface area contributed by atoms with E-state index in [1.54, 1.807) is 18.2 Å². The lowest BCUT2D eigenvalue weighted by atomic mass is 9.97. The molecule has 3 heterocycles. The quantitative estimate of drug-likeness (QED) is 0.290. The summed E-state index contributed by atoms with van der Waals surface area (Å²) in [6.07, 6.45) is -12.8. The van der Waals surface area contributed by atoms with Crippen molar-refractivity contribution in [3.63, 3.8) is 0 Å². The smallest absolute Gasteiger partial charge is 0.189 e. The molecule has 178 valence electrons. The fraction of sp³-hybridized carbons (Fsp3) is 0.619. The SMILES string of the molecule is C=Cc1ccc(C2OC[C@H]3O[C@H](O[C@H]4O[C@H](CO)[C@@H](O)C(O)[C@H]4O)[C@H](O)[C@@H](O)[C@@H]3O2)cc1. The highest BCUT2D eigenvalue weighted by atomic mass is 16.8. The van der Waals surface area contributed by atoms with E-state index in [1.165, 1.54) is 0 Å². The molecule has 32 heavy (non-hydrogen) atoms. The zero-order valence-electron chi connectivity index (χ0n) is 17.1. The third kappa shape index (κ3) is 4.47. The van der Waals surface area contributed by atoms with Gasteiger partial charge < -0.3 is 54.3 Å². The topological polar surface area (TPSA) is 168 Å². The van der Waals surface area contributed by atoms with E-state index in [0.717, 1.165) is 11.1 Å². The fourth-order valence-corrected chi connectivity index (χ4v) is 3.96. The second-order valence-corrected chi connectivity index (χ2v) is 7.99. The first kappa shape index (κ1) is 23.7. The standard InChI is InChI=1S/C21H28O11/c1-2-9-3-5-10(6-4-9)19-28-8-12-18(31-19)15(25)17(27)21(30-12)32-20-16(26)14(24)13(23)11(7-22)29-20/h2-6,11-27H,1,7-8H2/t11-,12-,13-,14?,15-,16-,17-,18-,19?,20-,21-/m1/s1. The molecule has 1 aromatic rings. The van der Waals surface area contributed by atoms with E-state index in [2.05, 4.69) is 6.58 Å². The summed E-state index contributed by atoms with van der Waals surface area (Å²) in [7, 11) is 0. The lowest BCUT2D eigenvalue weighted by molar-refractivity contribution is -0.399. The summed E-state index contributed by atoms with van der Waals surface area (Å²) in [5.74, 6) is 0. The van der Waals surface area contributed by atoms with E-state index >= 15 is 0 Å². The molecule has 3 saturated heterocycles. The van der Waals surface area contributed by atoms with Gasteiger partial charge in [-0.2, -0.15) is 0 Å². The fourth-order valence-electron chi connectivity index (χ4n) is 3.96. The Morgan fingerprint density at radius 2 is 1.53 bits per heavy atom. The highest BCUT2D eigenvalue weighted by Gasteiger charge is 2.52. The maximum Gasteiger partial charge on any atom is 0.189 e. The minimum atomic E-state index is -1.68. The van der Waals surface area contributed by atoms with E-state index < -0.39 is 74.3 Å². The summed E-state index contributed by atoms with van der Waals surface area (Å²) < 4.78 is 28.0. The minimum absolute atomic E-state index is 0.0247. The van der Waals surface area contributed by atoms with Crippen LogP contribution in [-0.2, 0) is 23.7 Å². The molecule has 0 radical (unpaired) electrons. The van der Waals surface area contributed by atoms with Crippen molar-refractivity contribution < 1.29 is 54.3 Å². The number of benzene rings is 1.